The third kappa shape index (κ3) is 3.41. The van der Waals surface area contributed by atoms with Gasteiger partial charge in [0.1, 0.15) is 0 Å². The van der Waals surface area contributed by atoms with E-state index in [4.69, 9.17) is 4.42 Å². The molecule has 2 aromatic rings. The number of amides is 1. The van der Waals surface area contributed by atoms with E-state index in [-0.39, 0.29) is 5.91 Å². The molecule has 7 heteroatoms. The zero-order valence-corrected chi connectivity index (χ0v) is 12.4. The molecule has 2 rings (SSSR count). The van der Waals surface area contributed by atoms with E-state index in [0.717, 1.165) is 18.1 Å². The third-order valence-corrected chi connectivity index (χ3v) is 3.65. The summed E-state index contributed by atoms with van der Waals surface area (Å²) in [6, 6.07) is 3.66. The summed E-state index contributed by atoms with van der Waals surface area (Å²) in [5.74, 6) is 1.73. The smallest absolute Gasteiger partial charge is 0.230 e. The Morgan fingerprint density at radius 3 is 2.95 bits per heavy atom. The van der Waals surface area contributed by atoms with E-state index in [2.05, 4.69) is 15.5 Å². The lowest BCUT2D eigenvalue weighted by molar-refractivity contribution is -0.118. The van der Waals surface area contributed by atoms with Crippen molar-refractivity contribution in [3.05, 3.63) is 18.4 Å². The largest absolute Gasteiger partial charge is 0.461 e. The van der Waals surface area contributed by atoms with Crippen molar-refractivity contribution < 1.29 is 9.21 Å². The third-order valence-electron chi connectivity index (χ3n) is 2.68. The second-order valence-corrected chi connectivity index (χ2v) is 5.11. The highest BCUT2D eigenvalue weighted by molar-refractivity contribution is 7.99. The minimum absolute atomic E-state index is 0.0158. The highest BCUT2D eigenvalue weighted by Gasteiger charge is 2.15. The second kappa shape index (κ2) is 7.14. The number of hydrogen-bond donors (Lipinski definition) is 1. The standard InChI is InChI=1S/C13H18N4O2S/c1-3-7-14-11(18)9-20-13-16-15-12(17(13)4-2)10-6-5-8-19-10/h5-6,8H,3-4,7,9H2,1-2H3,(H,14,18). The van der Waals surface area contributed by atoms with Crippen LogP contribution < -0.4 is 5.32 Å². The molecule has 0 unspecified atom stereocenters. The lowest BCUT2D eigenvalue weighted by atomic mass is 10.4. The van der Waals surface area contributed by atoms with Gasteiger partial charge in [0.15, 0.2) is 16.7 Å². The maximum atomic E-state index is 11.6. The first-order valence-electron chi connectivity index (χ1n) is 6.62. The quantitative estimate of drug-likeness (QED) is 0.792. The van der Waals surface area contributed by atoms with Gasteiger partial charge in [-0.2, -0.15) is 0 Å². The van der Waals surface area contributed by atoms with E-state index in [1.807, 2.05) is 30.5 Å². The molecule has 0 aliphatic rings. The van der Waals surface area contributed by atoms with Gasteiger partial charge >= 0.3 is 0 Å². The van der Waals surface area contributed by atoms with Gasteiger partial charge in [0.05, 0.1) is 12.0 Å². The van der Waals surface area contributed by atoms with Crippen LogP contribution >= 0.6 is 11.8 Å². The number of thioether (sulfide) groups is 1. The van der Waals surface area contributed by atoms with Crippen LogP contribution in [0.4, 0.5) is 0 Å². The fourth-order valence-corrected chi connectivity index (χ4v) is 2.55. The Kier molecular flexibility index (Phi) is 5.23. The molecule has 0 aromatic carbocycles. The van der Waals surface area contributed by atoms with Crippen molar-refractivity contribution in [1.82, 2.24) is 20.1 Å². The fraction of sp³-hybridized carbons (Fsp3) is 0.462. The van der Waals surface area contributed by atoms with Crippen LogP contribution in [0.2, 0.25) is 0 Å². The van der Waals surface area contributed by atoms with Crippen molar-refractivity contribution >= 4 is 17.7 Å². The summed E-state index contributed by atoms with van der Waals surface area (Å²) < 4.78 is 7.28. The van der Waals surface area contributed by atoms with Gasteiger partial charge in [-0.25, -0.2) is 0 Å². The van der Waals surface area contributed by atoms with Crippen LogP contribution in [-0.2, 0) is 11.3 Å². The van der Waals surface area contributed by atoms with E-state index in [9.17, 15) is 4.79 Å². The molecule has 1 amide bonds. The lowest BCUT2D eigenvalue weighted by Gasteiger charge is -2.06. The predicted molar refractivity (Wildman–Crippen MR) is 77.4 cm³/mol. The zero-order chi connectivity index (χ0) is 14.4. The zero-order valence-electron chi connectivity index (χ0n) is 11.6. The molecule has 2 heterocycles. The second-order valence-electron chi connectivity index (χ2n) is 4.17. The summed E-state index contributed by atoms with van der Waals surface area (Å²) in [5, 5.41) is 11.8. The molecule has 0 saturated heterocycles. The Labute approximate surface area is 121 Å². The molecule has 0 atom stereocenters. The highest BCUT2D eigenvalue weighted by Crippen LogP contribution is 2.23. The Bertz CT molecular complexity index is 551. The summed E-state index contributed by atoms with van der Waals surface area (Å²) in [6.07, 6.45) is 2.54. The summed E-state index contributed by atoms with van der Waals surface area (Å²) >= 11 is 1.38. The molecule has 0 aliphatic heterocycles. The van der Waals surface area contributed by atoms with E-state index >= 15 is 0 Å². The average molecular weight is 294 g/mol. The van der Waals surface area contributed by atoms with Gasteiger partial charge in [0.2, 0.25) is 5.91 Å². The van der Waals surface area contributed by atoms with Crippen LogP contribution in [-0.4, -0.2) is 33.0 Å². The molecule has 0 bridgehead atoms. The van der Waals surface area contributed by atoms with Gasteiger partial charge in [0, 0.05) is 13.1 Å². The normalized spacial score (nSPS) is 10.7. The van der Waals surface area contributed by atoms with E-state index in [0.29, 0.717) is 23.9 Å². The van der Waals surface area contributed by atoms with Crippen LogP contribution in [0.3, 0.4) is 0 Å². The van der Waals surface area contributed by atoms with Crippen molar-refractivity contribution in [2.45, 2.75) is 32.0 Å². The first-order chi connectivity index (χ1) is 9.76. The number of carbonyl (C=O) groups is 1. The molecule has 2 aromatic heterocycles. The topological polar surface area (TPSA) is 73.0 Å². The van der Waals surface area contributed by atoms with Gasteiger partial charge < -0.3 is 9.73 Å². The number of furan rings is 1. The predicted octanol–water partition coefficient (Wildman–Crippen LogP) is 2.18. The molecular formula is C13H18N4O2S. The van der Waals surface area contributed by atoms with E-state index in [1.165, 1.54) is 11.8 Å². The number of carbonyl (C=O) groups excluding carboxylic acids is 1. The van der Waals surface area contributed by atoms with Gasteiger partial charge in [-0.1, -0.05) is 18.7 Å². The first kappa shape index (κ1) is 14.6. The van der Waals surface area contributed by atoms with Crippen LogP contribution in [0.25, 0.3) is 11.6 Å². The maximum absolute atomic E-state index is 11.6. The Morgan fingerprint density at radius 1 is 1.45 bits per heavy atom. The van der Waals surface area contributed by atoms with Crippen molar-refractivity contribution in [3.8, 4) is 11.6 Å². The van der Waals surface area contributed by atoms with Crippen LogP contribution in [0.1, 0.15) is 20.3 Å². The van der Waals surface area contributed by atoms with Crippen LogP contribution in [0, 0.1) is 0 Å². The van der Waals surface area contributed by atoms with Crippen molar-refractivity contribution in [2.24, 2.45) is 0 Å². The minimum Gasteiger partial charge on any atom is -0.461 e. The molecular weight excluding hydrogens is 276 g/mol. The molecule has 0 radical (unpaired) electrons. The average Bonchev–Trinajstić information content (AvgIpc) is 3.10. The van der Waals surface area contributed by atoms with Crippen molar-refractivity contribution in [3.63, 3.8) is 0 Å². The monoisotopic (exact) mass is 294 g/mol. The lowest BCUT2D eigenvalue weighted by Crippen LogP contribution is -2.25. The van der Waals surface area contributed by atoms with Gasteiger partial charge in [0.25, 0.3) is 0 Å². The first-order valence-corrected chi connectivity index (χ1v) is 7.61. The summed E-state index contributed by atoms with van der Waals surface area (Å²) in [4.78, 5) is 11.6. The van der Waals surface area contributed by atoms with Crippen molar-refractivity contribution in [1.29, 1.82) is 0 Å². The highest BCUT2D eigenvalue weighted by atomic mass is 32.2. The number of rotatable bonds is 7. The summed E-state index contributed by atoms with van der Waals surface area (Å²) in [6.45, 7) is 5.47. The van der Waals surface area contributed by atoms with E-state index in [1.54, 1.807) is 6.26 Å². The van der Waals surface area contributed by atoms with E-state index < -0.39 is 0 Å². The van der Waals surface area contributed by atoms with Crippen LogP contribution in [0.15, 0.2) is 28.0 Å². The summed E-state index contributed by atoms with van der Waals surface area (Å²) in [7, 11) is 0. The fourth-order valence-electron chi connectivity index (χ4n) is 1.71. The minimum atomic E-state index is 0.0158. The SMILES string of the molecule is CCCNC(=O)CSc1nnc(-c2ccco2)n1CC. The number of nitrogens with zero attached hydrogens (tertiary/aromatic N) is 3. The van der Waals surface area contributed by atoms with Crippen molar-refractivity contribution in [2.75, 3.05) is 12.3 Å². The van der Waals surface area contributed by atoms with Gasteiger partial charge in [-0.05, 0) is 25.5 Å². The van der Waals surface area contributed by atoms with Gasteiger partial charge in [-0.3, -0.25) is 9.36 Å². The number of nitrogens with one attached hydrogen (secondary N) is 1. The number of hydrogen-bond acceptors (Lipinski definition) is 5. The molecule has 1 N–H and O–H groups in total. The molecule has 108 valence electrons. The maximum Gasteiger partial charge on any atom is 0.230 e. The molecule has 0 aliphatic carbocycles. The summed E-state index contributed by atoms with van der Waals surface area (Å²) in [5.41, 5.74) is 0. The van der Waals surface area contributed by atoms with Gasteiger partial charge in [-0.15, -0.1) is 10.2 Å². The van der Waals surface area contributed by atoms with Crippen LogP contribution in [0.5, 0.6) is 0 Å². The molecule has 0 fully saturated rings. The Hall–Kier alpha value is -1.76. The molecule has 0 spiro atoms. The Balaban J connectivity index is 2.04. The molecule has 0 saturated carbocycles. The molecule has 20 heavy (non-hydrogen) atoms. The Morgan fingerprint density at radius 2 is 2.30 bits per heavy atom. The molecule has 6 nitrogen and oxygen atoms in total. The number of aromatic nitrogens is 3.